The Morgan fingerprint density at radius 1 is 1.47 bits per heavy atom. The summed E-state index contributed by atoms with van der Waals surface area (Å²) >= 11 is 0. The number of aliphatic hydroxyl groups excluding tert-OH is 1. The molecule has 1 fully saturated rings. The van der Waals surface area contributed by atoms with Crippen molar-refractivity contribution in [3.63, 3.8) is 0 Å². The quantitative estimate of drug-likeness (QED) is 0.888. The number of furan rings is 1. The van der Waals surface area contributed by atoms with Crippen molar-refractivity contribution in [1.29, 1.82) is 0 Å². The van der Waals surface area contributed by atoms with Crippen molar-refractivity contribution in [2.45, 2.75) is 38.3 Å². The molecule has 1 heterocycles. The summed E-state index contributed by atoms with van der Waals surface area (Å²) in [5.74, 6) is -0.121. The molecule has 2 aromatic rings. The molecular weight excluding hydrogens is 242 g/mol. The van der Waals surface area contributed by atoms with Gasteiger partial charge in [-0.2, -0.15) is 0 Å². The number of amides is 1. The van der Waals surface area contributed by atoms with Gasteiger partial charge in [-0.25, -0.2) is 0 Å². The summed E-state index contributed by atoms with van der Waals surface area (Å²) in [6.07, 6.45) is 3.45. The van der Waals surface area contributed by atoms with Crippen molar-refractivity contribution in [1.82, 2.24) is 5.32 Å². The van der Waals surface area contributed by atoms with E-state index >= 15 is 0 Å². The maximum absolute atomic E-state index is 12.2. The summed E-state index contributed by atoms with van der Waals surface area (Å²) in [5.41, 5.74) is 2.49. The largest absolute Gasteiger partial charge is 0.463 e. The third-order valence-corrected chi connectivity index (χ3v) is 3.74. The van der Waals surface area contributed by atoms with Crippen LogP contribution in [0.15, 0.2) is 28.9 Å². The van der Waals surface area contributed by atoms with E-state index in [0.717, 1.165) is 17.4 Å². The van der Waals surface area contributed by atoms with E-state index in [0.29, 0.717) is 18.4 Å². The Balaban J connectivity index is 1.85. The van der Waals surface area contributed by atoms with Crippen LogP contribution in [0.1, 0.15) is 35.7 Å². The number of aryl methyl sites for hydroxylation is 1. The van der Waals surface area contributed by atoms with E-state index in [2.05, 4.69) is 12.2 Å². The van der Waals surface area contributed by atoms with E-state index in [1.165, 1.54) is 11.8 Å². The highest BCUT2D eigenvalue weighted by Crippen LogP contribution is 2.24. The molecule has 0 atom stereocenters. The predicted octanol–water partition coefficient (Wildman–Crippen LogP) is 2.25. The Bertz CT molecular complexity index is 611. The summed E-state index contributed by atoms with van der Waals surface area (Å²) in [6, 6.07) is 6.00. The number of fused-ring (bicyclic) bond motifs is 1. The van der Waals surface area contributed by atoms with Crippen LogP contribution in [-0.2, 0) is 6.42 Å². The number of hydrogen-bond acceptors (Lipinski definition) is 3. The predicted molar refractivity (Wildman–Crippen MR) is 72.1 cm³/mol. The average molecular weight is 259 g/mol. The van der Waals surface area contributed by atoms with Gasteiger partial charge in [-0.15, -0.1) is 0 Å². The number of hydrogen-bond donors (Lipinski definition) is 2. The van der Waals surface area contributed by atoms with Crippen LogP contribution >= 0.6 is 0 Å². The molecule has 0 saturated heterocycles. The minimum Gasteiger partial charge on any atom is -0.463 e. The average Bonchev–Trinajstić information content (AvgIpc) is 2.79. The molecule has 1 aromatic heterocycles. The second-order valence-corrected chi connectivity index (χ2v) is 5.13. The molecule has 0 bridgehead atoms. The fraction of sp³-hybridized carbons (Fsp3) is 0.400. The Morgan fingerprint density at radius 2 is 2.26 bits per heavy atom. The highest BCUT2D eigenvalue weighted by atomic mass is 16.3. The second kappa shape index (κ2) is 4.70. The third-order valence-electron chi connectivity index (χ3n) is 3.74. The Labute approximate surface area is 111 Å². The zero-order valence-electron chi connectivity index (χ0n) is 10.8. The van der Waals surface area contributed by atoms with Crippen LogP contribution in [0.2, 0.25) is 0 Å². The highest BCUT2D eigenvalue weighted by Gasteiger charge is 2.29. The van der Waals surface area contributed by atoms with Gasteiger partial charge < -0.3 is 14.8 Å². The van der Waals surface area contributed by atoms with Gasteiger partial charge in [0.25, 0.3) is 5.91 Å². The van der Waals surface area contributed by atoms with Crippen LogP contribution in [0.4, 0.5) is 0 Å². The van der Waals surface area contributed by atoms with Gasteiger partial charge in [0.15, 0.2) is 0 Å². The molecule has 1 aliphatic carbocycles. The Hall–Kier alpha value is -1.81. The summed E-state index contributed by atoms with van der Waals surface area (Å²) < 4.78 is 5.41. The van der Waals surface area contributed by atoms with Crippen molar-refractivity contribution >= 4 is 16.9 Å². The molecule has 1 aromatic carbocycles. The lowest BCUT2D eigenvalue weighted by Crippen LogP contribution is -2.46. The van der Waals surface area contributed by atoms with Gasteiger partial charge in [-0.05, 0) is 37.0 Å². The zero-order chi connectivity index (χ0) is 13.4. The molecule has 0 aliphatic heterocycles. The van der Waals surface area contributed by atoms with Crippen LogP contribution in [-0.4, -0.2) is 23.2 Å². The summed E-state index contributed by atoms with van der Waals surface area (Å²) in [6.45, 7) is 2.08. The molecule has 1 aliphatic rings. The number of carbonyl (C=O) groups is 1. The molecule has 19 heavy (non-hydrogen) atoms. The molecule has 1 saturated carbocycles. The molecule has 0 unspecified atom stereocenters. The first-order chi connectivity index (χ1) is 9.17. The number of nitrogens with one attached hydrogen (secondary N) is 1. The molecule has 100 valence electrons. The molecule has 1 amide bonds. The summed E-state index contributed by atoms with van der Waals surface area (Å²) in [7, 11) is 0. The van der Waals surface area contributed by atoms with Crippen LogP contribution in [0, 0.1) is 0 Å². The van der Waals surface area contributed by atoms with E-state index in [9.17, 15) is 9.90 Å². The van der Waals surface area contributed by atoms with Crippen molar-refractivity contribution in [2.75, 3.05) is 0 Å². The Kier molecular flexibility index (Phi) is 3.03. The summed E-state index contributed by atoms with van der Waals surface area (Å²) in [4.78, 5) is 12.2. The number of rotatable bonds is 3. The van der Waals surface area contributed by atoms with E-state index in [1.54, 1.807) is 0 Å². The van der Waals surface area contributed by atoms with Gasteiger partial charge >= 0.3 is 0 Å². The molecule has 3 rings (SSSR count). The van der Waals surface area contributed by atoms with Crippen molar-refractivity contribution in [3.8, 4) is 0 Å². The van der Waals surface area contributed by atoms with E-state index < -0.39 is 0 Å². The maximum atomic E-state index is 12.2. The van der Waals surface area contributed by atoms with E-state index in [-0.39, 0.29) is 18.1 Å². The second-order valence-electron chi connectivity index (χ2n) is 5.13. The smallest absolute Gasteiger partial charge is 0.255 e. The highest BCUT2D eigenvalue weighted by molar-refractivity contribution is 6.06. The van der Waals surface area contributed by atoms with E-state index in [1.807, 2.05) is 18.2 Å². The van der Waals surface area contributed by atoms with E-state index in [4.69, 9.17) is 4.42 Å². The molecular formula is C15H17NO3. The lowest BCUT2D eigenvalue weighted by molar-refractivity contribution is 0.0563. The van der Waals surface area contributed by atoms with Gasteiger partial charge in [0.2, 0.25) is 0 Å². The first-order valence-corrected chi connectivity index (χ1v) is 6.66. The number of benzene rings is 1. The fourth-order valence-corrected chi connectivity index (χ4v) is 2.44. The van der Waals surface area contributed by atoms with Crippen LogP contribution < -0.4 is 5.32 Å². The number of aliphatic hydroxyl groups is 1. The lowest BCUT2D eigenvalue weighted by Gasteiger charge is -2.31. The minimum absolute atomic E-state index is 0.0850. The Morgan fingerprint density at radius 3 is 2.95 bits per heavy atom. The monoisotopic (exact) mass is 259 g/mol. The topological polar surface area (TPSA) is 62.5 Å². The molecule has 0 spiro atoms. The normalized spacial score (nSPS) is 22.2. The summed E-state index contributed by atoms with van der Waals surface area (Å²) in [5, 5.41) is 13.0. The molecule has 4 heteroatoms. The third kappa shape index (κ3) is 2.24. The van der Waals surface area contributed by atoms with Gasteiger partial charge in [0.05, 0.1) is 11.7 Å². The van der Waals surface area contributed by atoms with Gasteiger partial charge in [0, 0.05) is 11.4 Å². The van der Waals surface area contributed by atoms with Gasteiger partial charge in [0.1, 0.15) is 11.8 Å². The maximum Gasteiger partial charge on any atom is 0.255 e. The standard InChI is InChI=1S/C15H17NO3/c1-2-9-3-4-14-12(5-9)13(8-19-14)15(18)16-10-6-11(17)7-10/h3-5,8,10-11,17H,2,6-7H2,1H3,(H,16,18). The van der Waals surface area contributed by atoms with Crippen molar-refractivity contribution < 1.29 is 14.3 Å². The van der Waals surface area contributed by atoms with Gasteiger partial charge in [-0.1, -0.05) is 13.0 Å². The zero-order valence-corrected chi connectivity index (χ0v) is 10.8. The SMILES string of the molecule is CCc1ccc2occ(C(=O)NC3CC(O)C3)c2c1. The van der Waals surface area contributed by atoms with Gasteiger partial charge in [-0.3, -0.25) is 4.79 Å². The first kappa shape index (κ1) is 12.2. The first-order valence-electron chi connectivity index (χ1n) is 6.66. The number of carbonyl (C=O) groups excluding carboxylic acids is 1. The van der Waals surface area contributed by atoms with Crippen LogP contribution in [0.3, 0.4) is 0 Å². The van der Waals surface area contributed by atoms with Crippen molar-refractivity contribution in [3.05, 3.63) is 35.6 Å². The lowest BCUT2D eigenvalue weighted by atomic mass is 9.89. The van der Waals surface area contributed by atoms with Crippen molar-refractivity contribution in [2.24, 2.45) is 0 Å². The fourth-order valence-electron chi connectivity index (χ4n) is 2.44. The molecule has 4 nitrogen and oxygen atoms in total. The van der Waals surface area contributed by atoms with Crippen LogP contribution in [0.25, 0.3) is 11.0 Å². The molecule has 0 radical (unpaired) electrons. The minimum atomic E-state index is -0.266. The molecule has 2 N–H and O–H groups in total. The van der Waals surface area contributed by atoms with Crippen LogP contribution in [0.5, 0.6) is 0 Å².